The summed E-state index contributed by atoms with van der Waals surface area (Å²) in [5, 5.41) is 9.06. The Bertz CT molecular complexity index is 919. The van der Waals surface area contributed by atoms with Crippen molar-refractivity contribution in [3.63, 3.8) is 0 Å². The summed E-state index contributed by atoms with van der Waals surface area (Å²) in [7, 11) is 0. The van der Waals surface area contributed by atoms with Crippen molar-refractivity contribution in [2.24, 2.45) is 0 Å². The molecule has 0 saturated heterocycles. The van der Waals surface area contributed by atoms with Crippen molar-refractivity contribution in [2.75, 3.05) is 0 Å². The van der Waals surface area contributed by atoms with Crippen LogP contribution < -0.4 is 0 Å². The molecule has 6 nitrogen and oxygen atoms in total. The zero-order valence-electron chi connectivity index (χ0n) is 14.2. The van der Waals surface area contributed by atoms with Crippen LogP contribution in [0.1, 0.15) is 65.7 Å². The molecule has 0 bridgehead atoms. The first-order chi connectivity index (χ1) is 12.1. The number of hydrogen-bond acceptors (Lipinski definition) is 4. The van der Waals surface area contributed by atoms with Crippen LogP contribution in [0.4, 0.5) is 0 Å². The van der Waals surface area contributed by atoms with E-state index in [0.29, 0.717) is 18.2 Å². The lowest BCUT2D eigenvalue weighted by molar-refractivity contribution is 0.0660. The maximum absolute atomic E-state index is 11.1. The predicted molar refractivity (Wildman–Crippen MR) is 92.9 cm³/mol. The van der Waals surface area contributed by atoms with Crippen molar-refractivity contribution < 1.29 is 14.3 Å². The number of furan rings is 1. The first-order valence-electron chi connectivity index (χ1n) is 8.76. The molecule has 0 radical (unpaired) electrons. The number of aromatic nitrogens is 3. The van der Waals surface area contributed by atoms with Gasteiger partial charge in [0.15, 0.2) is 5.65 Å². The molecule has 25 heavy (non-hydrogen) atoms. The van der Waals surface area contributed by atoms with Gasteiger partial charge in [-0.15, -0.1) is 0 Å². The summed E-state index contributed by atoms with van der Waals surface area (Å²) in [6.07, 6.45) is 7.86. The lowest BCUT2D eigenvalue weighted by Crippen LogP contribution is -2.13. The highest BCUT2D eigenvalue weighted by Crippen LogP contribution is 2.34. The van der Waals surface area contributed by atoms with E-state index >= 15 is 0 Å². The van der Waals surface area contributed by atoms with Crippen LogP contribution in [-0.4, -0.2) is 25.6 Å². The van der Waals surface area contributed by atoms with Crippen molar-refractivity contribution in [3.8, 4) is 0 Å². The number of nitrogens with zero attached hydrogens (tertiary/aromatic N) is 3. The van der Waals surface area contributed by atoms with Crippen molar-refractivity contribution in [2.45, 2.75) is 51.5 Å². The van der Waals surface area contributed by atoms with E-state index in [1.807, 2.05) is 13.1 Å². The van der Waals surface area contributed by atoms with Crippen LogP contribution >= 0.6 is 0 Å². The lowest BCUT2D eigenvalue weighted by Gasteiger charge is -2.21. The van der Waals surface area contributed by atoms with Gasteiger partial charge in [0.2, 0.25) is 5.76 Å². The number of rotatable bonds is 4. The van der Waals surface area contributed by atoms with Crippen LogP contribution in [0.25, 0.3) is 11.2 Å². The van der Waals surface area contributed by atoms with E-state index in [1.54, 1.807) is 6.07 Å². The summed E-state index contributed by atoms with van der Waals surface area (Å²) in [5.41, 5.74) is 2.81. The second-order valence-corrected chi connectivity index (χ2v) is 6.82. The highest BCUT2D eigenvalue weighted by atomic mass is 16.4. The minimum atomic E-state index is -1.05. The van der Waals surface area contributed by atoms with Gasteiger partial charge in [-0.3, -0.25) is 0 Å². The van der Waals surface area contributed by atoms with Gasteiger partial charge in [0.25, 0.3) is 0 Å². The monoisotopic (exact) mass is 339 g/mol. The number of carbonyl (C=O) groups is 1. The number of carboxylic acid groups (broad SMARTS) is 1. The number of imidazole rings is 1. The average molecular weight is 339 g/mol. The summed E-state index contributed by atoms with van der Waals surface area (Å²) >= 11 is 0. The highest BCUT2D eigenvalue weighted by Gasteiger charge is 2.24. The standard InChI is InChI=1S/C19H21N3O3/c1-12-9-15-18(20-10-12)22(11-14-7-8-16(25-14)19(23)24)17(21-15)13-5-3-2-4-6-13/h7-10,13H,2-6,11H2,1H3,(H,23,24). The van der Waals surface area contributed by atoms with E-state index in [0.717, 1.165) is 35.4 Å². The summed E-state index contributed by atoms with van der Waals surface area (Å²) in [5.74, 6) is 0.986. The normalized spacial score (nSPS) is 15.7. The van der Waals surface area contributed by atoms with Crippen LogP contribution in [0, 0.1) is 6.92 Å². The molecule has 1 saturated carbocycles. The summed E-state index contributed by atoms with van der Waals surface area (Å²) in [6, 6.07) is 5.26. The number of fused-ring (bicyclic) bond motifs is 1. The molecule has 1 aliphatic rings. The molecule has 1 aliphatic carbocycles. The third-order valence-electron chi connectivity index (χ3n) is 4.91. The van der Waals surface area contributed by atoms with Crippen molar-refractivity contribution in [3.05, 3.63) is 47.3 Å². The van der Waals surface area contributed by atoms with Gasteiger partial charge in [0, 0.05) is 12.1 Å². The number of hydrogen-bond donors (Lipinski definition) is 1. The number of aryl methyl sites for hydroxylation is 1. The first kappa shape index (κ1) is 15.9. The Labute approximate surface area is 145 Å². The Morgan fingerprint density at radius 3 is 2.84 bits per heavy atom. The SMILES string of the molecule is Cc1cnc2c(c1)nc(C1CCCCC1)n2Cc1ccc(C(=O)O)o1. The van der Waals surface area contributed by atoms with Crippen LogP contribution in [0.5, 0.6) is 0 Å². The number of aromatic carboxylic acids is 1. The smallest absolute Gasteiger partial charge is 0.371 e. The van der Waals surface area contributed by atoms with Gasteiger partial charge in [-0.25, -0.2) is 14.8 Å². The first-order valence-corrected chi connectivity index (χ1v) is 8.76. The van der Waals surface area contributed by atoms with Gasteiger partial charge in [-0.1, -0.05) is 19.3 Å². The van der Waals surface area contributed by atoms with Gasteiger partial charge in [0.05, 0.1) is 6.54 Å². The fourth-order valence-corrected chi connectivity index (χ4v) is 3.69. The molecule has 3 aromatic heterocycles. The molecule has 0 spiro atoms. The largest absolute Gasteiger partial charge is 0.475 e. The van der Waals surface area contributed by atoms with Crippen LogP contribution in [0.2, 0.25) is 0 Å². The summed E-state index contributed by atoms with van der Waals surface area (Å²) in [6.45, 7) is 2.46. The molecule has 0 atom stereocenters. The molecule has 0 unspecified atom stereocenters. The van der Waals surface area contributed by atoms with E-state index in [1.165, 1.54) is 25.3 Å². The maximum Gasteiger partial charge on any atom is 0.371 e. The van der Waals surface area contributed by atoms with Crippen LogP contribution in [0.15, 0.2) is 28.8 Å². The predicted octanol–water partition coefficient (Wildman–Crippen LogP) is 4.13. The number of carboxylic acids is 1. The van der Waals surface area contributed by atoms with E-state index in [2.05, 4.69) is 15.6 Å². The number of pyridine rings is 1. The molecule has 130 valence electrons. The molecule has 0 aliphatic heterocycles. The second kappa shape index (κ2) is 6.35. The molecular formula is C19H21N3O3. The fraction of sp³-hybridized carbons (Fsp3) is 0.421. The zero-order valence-corrected chi connectivity index (χ0v) is 14.2. The minimum absolute atomic E-state index is 0.0394. The Morgan fingerprint density at radius 1 is 1.32 bits per heavy atom. The molecule has 0 aromatic carbocycles. The average Bonchev–Trinajstić information content (AvgIpc) is 3.21. The topological polar surface area (TPSA) is 81.2 Å². The van der Waals surface area contributed by atoms with Crippen LogP contribution in [-0.2, 0) is 6.54 Å². The van der Waals surface area contributed by atoms with Crippen molar-refractivity contribution >= 4 is 17.1 Å². The van der Waals surface area contributed by atoms with E-state index in [9.17, 15) is 4.79 Å². The van der Waals surface area contributed by atoms with Gasteiger partial charge in [-0.2, -0.15) is 0 Å². The Morgan fingerprint density at radius 2 is 2.12 bits per heavy atom. The Balaban J connectivity index is 1.77. The molecule has 1 fully saturated rings. The second-order valence-electron chi connectivity index (χ2n) is 6.82. The molecule has 1 N–H and O–H groups in total. The Hall–Kier alpha value is -2.63. The van der Waals surface area contributed by atoms with Gasteiger partial charge in [0.1, 0.15) is 17.1 Å². The quantitative estimate of drug-likeness (QED) is 0.773. The molecular weight excluding hydrogens is 318 g/mol. The Kier molecular flexibility index (Phi) is 4.03. The molecule has 0 amide bonds. The highest BCUT2D eigenvalue weighted by molar-refractivity contribution is 5.84. The lowest BCUT2D eigenvalue weighted by atomic mass is 9.88. The van der Waals surface area contributed by atoms with Gasteiger partial charge < -0.3 is 14.1 Å². The third-order valence-corrected chi connectivity index (χ3v) is 4.91. The summed E-state index contributed by atoms with van der Waals surface area (Å²) in [4.78, 5) is 20.5. The van der Waals surface area contributed by atoms with Crippen molar-refractivity contribution in [1.29, 1.82) is 0 Å². The summed E-state index contributed by atoms with van der Waals surface area (Å²) < 4.78 is 7.55. The van der Waals surface area contributed by atoms with Gasteiger partial charge >= 0.3 is 5.97 Å². The molecule has 3 aromatic rings. The zero-order chi connectivity index (χ0) is 17.4. The van der Waals surface area contributed by atoms with E-state index in [4.69, 9.17) is 14.5 Å². The van der Waals surface area contributed by atoms with Crippen molar-refractivity contribution in [1.82, 2.24) is 14.5 Å². The van der Waals surface area contributed by atoms with E-state index < -0.39 is 5.97 Å². The van der Waals surface area contributed by atoms with Crippen LogP contribution in [0.3, 0.4) is 0 Å². The van der Waals surface area contributed by atoms with Gasteiger partial charge in [-0.05, 0) is 43.5 Å². The minimum Gasteiger partial charge on any atom is -0.475 e. The molecule has 3 heterocycles. The fourth-order valence-electron chi connectivity index (χ4n) is 3.69. The maximum atomic E-state index is 11.1. The molecule has 4 rings (SSSR count). The molecule has 6 heteroatoms. The third kappa shape index (κ3) is 3.04. The van der Waals surface area contributed by atoms with E-state index in [-0.39, 0.29) is 5.76 Å².